The van der Waals surface area contributed by atoms with Crippen LogP contribution in [0.3, 0.4) is 0 Å². The van der Waals surface area contributed by atoms with Gasteiger partial charge in [0.15, 0.2) is 0 Å². The minimum atomic E-state index is -0.752. The quantitative estimate of drug-likeness (QED) is 0.528. The highest BCUT2D eigenvalue weighted by Gasteiger charge is 2.34. The van der Waals surface area contributed by atoms with Gasteiger partial charge in [0, 0.05) is 13.1 Å². The van der Waals surface area contributed by atoms with Crippen molar-refractivity contribution in [2.24, 2.45) is 5.73 Å². The average Bonchev–Trinajstić information content (AvgIpc) is 3.02. The lowest BCUT2D eigenvalue weighted by atomic mass is 10.0. The minimum Gasteiger partial charge on any atom is -0.354 e. The summed E-state index contributed by atoms with van der Waals surface area (Å²) in [6.45, 7) is 0.0508. The summed E-state index contributed by atoms with van der Waals surface area (Å²) in [7, 11) is 0. The van der Waals surface area contributed by atoms with Crippen LogP contribution < -0.4 is 16.4 Å². The molecule has 8 nitrogen and oxygen atoms in total. The summed E-state index contributed by atoms with van der Waals surface area (Å²) in [4.78, 5) is 49.6. The third-order valence-corrected chi connectivity index (χ3v) is 5.51. The zero-order valence-corrected chi connectivity index (χ0v) is 17.7. The Kier molecular flexibility index (Phi) is 7.61. The summed E-state index contributed by atoms with van der Waals surface area (Å²) in [5.41, 5.74) is 6.52. The highest BCUT2D eigenvalue weighted by atomic mass is 32.2. The molecule has 2 aromatic rings. The first-order valence-electron chi connectivity index (χ1n) is 9.72. The summed E-state index contributed by atoms with van der Waals surface area (Å²) in [5.74, 6) is -1.25. The van der Waals surface area contributed by atoms with Crippen LogP contribution in [-0.4, -0.2) is 41.1 Å². The normalized spacial score (nSPS) is 15.7. The SMILES string of the molecule is NC(=O)N[C@H](CC(=O)NCCN1C(=O)S/C(=C/c2ccc(F)cc2)C1=O)c1ccccc1. The summed E-state index contributed by atoms with van der Waals surface area (Å²) < 4.78 is 13.0. The van der Waals surface area contributed by atoms with Crippen molar-refractivity contribution in [3.05, 3.63) is 76.4 Å². The Hall–Kier alpha value is -3.66. The summed E-state index contributed by atoms with van der Waals surface area (Å²) in [5, 5.41) is 4.73. The molecule has 10 heteroatoms. The Bertz CT molecular complexity index is 1040. The molecule has 0 aliphatic carbocycles. The molecule has 0 spiro atoms. The van der Waals surface area contributed by atoms with Crippen LogP contribution in [-0.2, 0) is 9.59 Å². The van der Waals surface area contributed by atoms with Gasteiger partial charge in [-0.25, -0.2) is 9.18 Å². The van der Waals surface area contributed by atoms with E-state index >= 15 is 0 Å². The van der Waals surface area contributed by atoms with Crippen LogP contribution in [0.2, 0.25) is 0 Å². The van der Waals surface area contributed by atoms with Crippen LogP contribution in [0.25, 0.3) is 6.08 Å². The smallest absolute Gasteiger partial charge is 0.312 e. The molecule has 3 rings (SSSR count). The summed E-state index contributed by atoms with van der Waals surface area (Å²) in [6, 6.07) is 13.1. The van der Waals surface area contributed by atoms with E-state index in [4.69, 9.17) is 5.73 Å². The van der Waals surface area contributed by atoms with Gasteiger partial charge in [-0.15, -0.1) is 0 Å². The van der Waals surface area contributed by atoms with Gasteiger partial charge in [-0.05, 0) is 41.1 Å². The summed E-state index contributed by atoms with van der Waals surface area (Å²) >= 11 is 0.785. The molecule has 166 valence electrons. The van der Waals surface area contributed by atoms with Gasteiger partial charge in [0.2, 0.25) is 5.91 Å². The highest BCUT2D eigenvalue weighted by molar-refractivity contribution is 8.18. The van der Waals surface area contributed by atoms with E-state index < -0.39 is 29.0 Å². The van der Waals surface area contributed by atoms with Crippen LogP contribution in [0.1, 0.15) is 23.6 Å². The van der Waals surface area contributed by atoms with E-state index in [-0.39, 0.29) is 30.3 Å². The number of amides is 5. The Labute approximate surface area is 188 Å². The number of rotatable bonds is 8. The Balaban J connectivity index is 1.54. The number of carbonyl (C=O) groups excluding carboxylic acids is 4. The number of hydrogen-bond acceptors (Lipinski definition) is 5. The topological polar surface area (TPSA) is 122 Å². The highest BCUT2D eigenvalue weighted by Crippen LogP contribution is 2.31. The fourth-order valence-corrected chi connectivity index (χ4v) is 3.94. The number of carbonyl (C=O) groups is 4. The molecule has 1 saturated heterocycles. The molecule has 0 aromatic heterocycles. The van der Waals surface area contributed by atoms with Gasteiger partial charge in [-0.1, -0.05) is 42.5 Å². The lowest BCUT2D eigenvalue weighted by molar-refractivity contribution is -0.124. The van der Waals surface area contributed by atoms with E-state index in [1.807, 2.05) is 6.07 Å². The van der Waals surface area contributed by atoms with Crippen LogP contribution in [0, 0.1) is 5.82 Å². The van der Waals surface area contributed by atoms with Gasteiger partial charge in [0.1, 0.15) is 5.82 Å². The second-order valence-corrected chi connectivity index (χ2v) is 7.90. The second-order valence-electron chi connectivity index (χ2n) is 6.91. The van der Waals surface area contributed by atoms with Gasteiger partial charge in [0.25, 0.3) is 11.1 Å². The third kappa shape index (κ3) is 6.17. The molecule has 32 heavy (non-hydrogen) atoms. The maximum atomic E-state index is 13.0. The molecule has 0 unspecified atom stereocenters. The molecular formula is C22H21FN4O4S. The van der Waals surface area contributed by atoms with Crippen LogP contribution in [0.5, 0.6) is 0 Å². The second kappa shape index (κ2) is 10.6. The van der Waals surface area contributed by atoms with Crippen LogP contribution in [0.4, 0.5) is 14.0 Å². The van der Waals surface area contributed by atoms with Gasteiger partial charge in [-0.3, -0.25) is 19.3 Å². The van der Waals surface area contributed by atoms with Crippen LogP contribution in [0.15, 0.2) is 59.5 Å². The average molecular weight is 456 g/mol. The molecule has 5 amide bonds. The predicted molar refractivity (Wildman–Crippen MR) is 119 cm³/mol. The molecule has 0 radical (unpaired) electrons. The van der Waals surface area contributed by atoms with Gasteiger partial charge < -0.3 is 16.4 Å². The number of benzene rings is 2. The lowest BCUT2D eigenvalue weighted by Gasteiger charge is -2.18. The fraction of sp³-hybridized carbons (Fsp3) is 0.182. The largest absolute Gasteiger partial charge is 0.354 e. The molecule has 1 atom stereocenters. The standard InChI is InChI=1S/C22H21FN4O4S/c23-16-8-6-14(7-9-16)12-18-20(29)27(22(31)32-18)11-10-25-19(28)13-17(26-21(24)30)15-4-2-1-3-5-15/h1-9,12,17H,10-11,13H2,(H,25,28)(H3,24,26,30)/b18-12+/t17-/m1/s1. The maximum Gasteiger partial charge on any atom is 0.312 e. The molecule has 2 aromatic carbocycles. The van der Waals surface area contributed by atoms with E-state index in [0.717, 1.165) is 22.2 Å². The summed E-state index contributed by atoms with van der Waals surface area (Å²) in [6.07, 6.45) is 1.46. The minimum absolute atomic E-state index is 0.00356. The van der Waals surface area contributed by atoms with Crippen molar-refractivity contribution in [1.82, 2.24) is 15.5 Å². The molecule has 0 saturated carbocycles. The van der Waals surface area contributed by atoms with Gasteiger partial charge >= 0.3 is 6.03 Å². The Morgan fingerprint density at radius 3 is 2.44 bits per heavy atom. The molecule has 4 N–H and O–H groups in total. The van der Waals surface area contributed by atoms with E-state index in [1.54, 1.807) is 24.3 Å². The van der Waals surface area contributed by atoms with E-state index in [1.165, 1.54) is 30.3 Å². The molecule has 0 bridgehead atoms. The number of nitrogens with two attached hydrogens (primary N) is 1. The Morgan fingerprint density at radius 1 is 1.09 bits per heavy atom. The van der Waals surface area contributed by atoms with Gasteiger partial charge in [-0.2, -0.15) is 0 Å². The van der Waals surface area contributed by atoms with Crippen LogP contribution >= 0.6 is 11.8 Å². The fourth-order valence-electron chi connectivity index (χ4n) is 3.08. The van der Waals surface area contributed by atoms with Crippen molar-refractivity contribution in [1.29, 1.82) is 0 Å². The molecular weight excluding hydrogens is 435 g/mol. The zero-order chi connectivity index (χ0) is 23.1. The Morgan fingerprint density at radius 2 is 1.78 bits per heavy atom. The van der Waals surface area contributed by atoms with Crippen molar-refractivity contribution >= 4 is 40.9 Å². The maximum absolute atomic E-state index is 13.0. The number of nitrogens with one attached hydrogen (secondary N) is 2. The number of primary amides is 1. The zero-order valence-electron chi connectivity index (χ0n) is 16.9. The van der Waals surface area contributed by atoms with E-state index in [2.05, 4.69) is 10.6 Å². The monoisotopic (exact) mass is 456 g/mol. The van der Waals surface area contributed by atoms with Crippen molar-refractivity contribution < 1.29 is 23.6 Å². The number of hydrogen-bond donors (Lipinski definition) is 3. The molecule has 1 heterocycles. The number of urea groups is 1. The van der Waals surface area contributed by atoms with Crippen molar-refractivity contribution in [3.63, 3.8) is 0 Å². The molecule has 1 aliphatic heterocycles. The van der Waals surface area contributed by atoms with Crippen molar-refractivity contribution in [3.8, 4) is 0 Å². The van der Waals surface area contributed by atoms with Crippen molar-refractivity contribution in [2.75, 3.05) is 13.1 Å². The van der Waals surface area contributed by atoms with Gasteiger partial charge in [0.05, 0.1) is 17.4 Å². The van der Waals surface area contributed by atoms with E-state index in [0.29, 0.717) is 5.56 Å². The predicted octanol–water partition coefficient (Wildman–Crippen LogP) is 2.78. The number of imide groups is 1. The molecule has 1 fully saturated rings. The molecule has 1 aliphatic rings. The number of nitrogens with zero attached hydrogens (tertiary/aromatic N) is 1. The number of halogens is 1. The first-order chi connectivity index (χ1) is 15.3. The first-order valence-corrected chi connectivity index (χ1v) is 10.5. The van der Waals surface area contributed by atoms with E-state index in [9.17, 15) is 23.6 Å². The number of thioether (sulfide) groups is 1. The van der Waals surface area contributed by atoms with Crippen molar-refractivity contribution in [2.45, 2.75) is 12.5 Å². The lowest BCUT2D eigenvalue weighted by Crippen LogP contribution is -2.40. The first kappa shape index (κ1) is 23.0. The third-order valence-electron chi connectivity index (χ3n) is 4.61.